The summed E-state index contributed by atoms with van der Waals surface area (Å²) < 4.78 is 16.1. The summed E-state index contributed by atoms with van der Waals surface area (Å²) in [6.45, 7) is 2.71. The number of ether oxygens (including phenoxy) is 3. The van der Waals surface area contributed by atoms with Gasteiger partial charge < -0.3 is 14.2 Å². The molecule has 0 aromatic heterocycles. The number of thioether (sulfide) groups is 1. The molecule has 1 aliphatic rings. The van der Waals surface area contributed by atoms with Gasteiger partial charge in [-0.05, 0) is 24.3 Å². The summed E-state index contributed by atoms with van der Waals surface area (Å²) in [4.78, 5) is 23.2. The van der Waals surface area contributed by atoms with Crippen LogP contribution in [-0.2, 0) is 23.8 Å². The number of hydrogen-bond donors (Lipinski definition) is 0. The monoisotopic (exact) mass is 322 g/mol. The van der Waals surface area contributed by atoms with Gasteiger partial charge >= 0.3 is 11.9 Å². The van der Waals surface area contributed by atoms with Crippen molar-refractivity contribution in [2.45, 2.75) is 36.4 Å². The lowest BCUT2D eigenvalue weighted by Gasteiger charge is -2.31. The maximum atomic E-state index is 11.1. The zero-order valence-corrected chi connectivity index (χ0v) is 13.2. The quantitative estimate of drug-likeness (QED) is 0.613. The number of hydrogen-bond acceptors (Lipinski definition) is 6. The molecule has 0 bridgehead atoms. The molecule has 1 aliphatic heterocycles. The standard InChI is InChI=1S/C16H18O5S/c1-11(17)19-10-15-14(20-12(2)18)8-9-16(21-15)22-13-6-4-3-5-7-13/h3-9,14-16H,10H2,1-2H3. The molecule has 0 fully saturated rings. The van der Waals surface area contributed by atoms with Crippen LogP contribution in [0.2, 0.25) is 0 Å². The molecule has 0 saturated heterocycles. The molecule has 1 aromatic carbocycles. The molecule has 6 heteroatoms. The highest BCUT2D eigenvalue weighted by Gasteiger charge is 2.30. The van der Waals surface area contributed by atoms with E-state index in [1.165, 1.54) is 25.6 Å². The Kier molecular flexibility index (Phi) is 6.03. The van der Waals surface area contributed by atoms with Gasteiger partial charge in [-0.2, -0.15) is 0 Å². The van der Waals surface area contributed by atoms with Crippen molar-refractivity contribution >= 4 is 23.7 Å². The number of esters is 2. The molecule has 5 nitrogen and oxygen atoms in total. The number of benzene rings is 1. The van der Waals surface area contributed by atoms with Gasteiger partial charge in [0, 0.05) is 18.7 Å². The first-order valence-electron chi connectivity index (χ1n) is 6.90. The van der Waals surface area contributed by atoms with Gasteiger partial charge in [0.05, 0.1) is 0 Å². The van der Waals surface area contributed by atoms with E-state index in [1.54, 1.807) is 6.08 Å². The summed E-state index contributed by atoms with van der Waals surface area (Å²) in [5, 5.41) is 0. The summed E-state index contributed by atoms with van der Waals surface area (Å²) in [7, 11) is 0. The van der Waals surface area contributed by atoms with Gasteiger partial charge in [0.15, 0.2) is 0 Å². The minimum absolute atomic E-state index is 0.0451. The van der Waals surface area contributed by atoms with E-state index in [1.807, 2.05) is 36.4 Å². The lowest BCUT2D eigenvalue weighted by molar-refractivity contribution is -0.160. The van der Waals surface area contributed by atoms with Gasteiger partial charge in [-0.25, -0.2) is 0 Å². The van der Waals surface area contributed by atoms with Crippen LogP contribution in [0.4, 0.5) is 0 Å². The smallest absolute Gasteiger partial charge is 0.303 e. The maximum Gasteiger partial charge on any atom is 0.303 e. The van der Waals surface area contributed by atoms with Crippen molar-refractivity contribution in [2.75, 3.05) is 6.61 Å². The molecule has 3 atom stereocenters. The van der Waals surface area contributed by atoms with Crippen LogP contribution < -0.4 is 0 Å². The van der Waals surface area contributed by atoms with Crippen LogP contribution in [0, 0.1) is 0 Å². The van der Waals surface area contributed by atoms with Crippen LogP contribution >= 0.6 is 11.8 Å². The predicted molar refractivity (Wildman–Crippen MR) is 82.3 cm³/mol. The van der Waals surface area contributed by atoms with E-state index in [0.29, 0.717) is 0 Å². The van der Waals surface area contributed by atoms with E-state index in [2.05, 4.69) is 0 Å². The number of rotatable bonds is 5. The predicted octanol–water partition coefficient (Wildman–Crippen LogP) is 2.55. The number of carbonyl (C=O) groups excluding carboxylic acids is 2. The average molecular weight is 322 g/mol. The first-order valence-corrected chi connectivity index (χ1v) is 7.78. The molecule has 0 amide bonds. The van der Waals surface area contributed by atoms with Crippen molar-refractivity contribution in [1.29, 1.82) is 0 Å². The SMILES string of the molecule is CC(=O)OCC1OC(Sc2ccccc2)C=CC1OC(C)=O. The van der Waals surface area contributed by atoms with Gasteiger partial charge in [-0.15, -0.1) is 0 Å². The zero-order chi connectivity index (χ0) is 15.9. The molecule has 0 N–H and O–H groups in total. The van der Waals surface area contributed by atoms with Crippen molar-refractivity contribution < 1.29 is 23.8 Å². The molecule has 22 heavy (non-hydrogen) atoms. The average Bonchev–Trinajstić information content (AvgIpc) is 2.48. The maximum absolute atomic E-state index is 11.1. The van der Waals surface area contributed by atoms with E-state index in [9.17, 15) is 9.59 Å². The Balaban J connectivity index is 2.02. The largest absolute Gasteiger partial charge is 0.463 e. The lowest BCUT2D eigenvalue weighted by atomic mass is 10.1. The van der Waals surface area contributed by atoms with E-state index in [0.717, 1.165) is 4.90 Å². The molecule has 1 aromatic rings. The van der Waals surface area contributed by atoms with Gasteiger partial charge in [-0.1, -0.05) is 30.0 Å². The molecule has 118 valence electrons. The Bertz CT molecular complexity index is 543. The second-order valence-corrected chi connectivity index (χ2v) is 5.91. The molecule has 3 unspecified atom stereocenters. The van der Waals surface area contributed by atoms with E-state index in [4.69, 9.17) is 14.2 Å². The minimum atomic E-state index is -0.551. The van der Waals surface area contributed by atoms with Crippen molar-refractivity contribution in [1.82, 2.24) is 0 Å². The fourth-order valence-electron chi connectivity index (χ4n) is 1.96. The van der Waals surface area contributed by atoms with Crippen LogP contribution in [0.3, 0.4) is 0 Å². The highest BCUT2D eigenvalue weighted by Crippen LogP contribution is 2.29. The van der Waals surface area contributed by atoms with Gasteiger partial charge in [-0.3, -0.25) is 9.59 Å². The van der Waals surface area contributed by atoms with Crippen molar-refractivity contribution in [3.05, 3.63) is 42.5 Å². The first kappa shape index (κ1) is 16.6. The minimum Gasteiger partial charge on any atom is -0.463 e. The Morgan fingerprint density at radius 1 is 1.14 bits per heavy atom. The second kappa shape index (κ2) is 8.00. The fraction of sp³-hybridized carbons (Fsp3) is 0.375. The van der Waals surface area contributed by atoms with E-state index >= 15 is 0 Å². The summed E-state index contributed by atoms with van der Waals surface area (Å²) in [6, 6.07) is 9.82. The van der Waals surface area contributed by atoms with Crippen LogP contribution in [0.1, 0.15) is 13.8 Å². The van der Waals surface area contributed by atoms with E-state index in [-0.39, 0.29) is 12.0 Å². The van der Waals surface area contributed by atoms with Gasteiger partial charge in [0.1, 0.15) is 24.3 Å². The summed E-state index contributed by atoms with van der Waals surface area (Å²) in [6.07, 6.45) is 2.55. The molecule has 1 heterocycles. The Labute approximate surface area is 133 Å². The van der Waals surface area contributed by atoms with Crippen LogP contribution in [0.5, 0.6) is 0 Å². The highest BCUT2D eigenvalue weighted by atomic mass is 32.2. The number of carbonyl (C=O) groups is 2. The zero-order valence-electron chi connectivity index (χ0n) is 12.4. The molecular formula is C16H18O5S. The van der Waals surface area contributed by atoms with Crippen LogP contribution in [0.15, 0.2) is 47.4 Å². The van der Waals surface area contributed by atoms with Gasteiger partial charge in [0.2, 0.25) is 0 Å². The van der Waals surface area contributed by atoms with Crippen LogP contribution in [0.25, 0.3) is 0 Å². The van der Waals surface area contributed by atoms with Crippen molar-refractivity contribution in [3.63, 3.8) is 0 Å². The van der Waals surface area contributed by atoms with Crippen LogP contribution in [-0.4, -0.2) is 36.2 Å². The third-order valence-corrected chi connectivity index (χ3v) is 3.93. The molecule has 0 radical (unpaired) electrons. The normalized spacial score (nSPS) is 23.8. The third-order valence-electron chi connectivity index (χ3n) is 2.88. The van der Waals surface area contributed by atoms with Crippen molar-refractivity contribution in [3.8, 4) is 0 Å². The second-order valence-electron chi connectivity index (χ2n) is 4.74. The first-order chi connectivity index (χ1) is 10.5. The molecule has 0 aliphatic carbocycles. The summed E-state index contributed by atoms with van der Waals surface area (Å²) >= 11 is 1.53. The molecule has 0 spiro atoms. The molecular weight excluding hydrogens is 304 g/mol. The topological polar surface area (TPSA) is 61.8 Å². The third kappa shape index (κ3) is 5.20. The Hall–Kier alpha value is -1.79. The lowest BCUT2D eigenvalue weighted by Crippen LogP contribution is -2.40. The molecule has 0 saturated carbocycles. The van der Waals surface area contributed by atoms with Crippen molar-refractivity contribution in [2.24, 2.45) is 0 Å². The Morgan fingerprint density at radius 2 is 1.86 bits per heavy atom. The Morgan fingerprint density at radius 3 is 2.50 bits per heavy atom. The van der Waals surface area contributed by atoms with Gasteiger partial charge in [0.25, 0.3) is 0 Å². The molecule has 2 rings (SSSR count). The fourth-order valence-corrected chi connectivity index (χ4v) is 2.91. The highest BCUT2D eigenvalue weighted by molar-refractivity contribution is 8.00. The summed E-state index contributed by atoms with van der Waals surface area (Å²) in [5.41, 5.74) is -0.227. The summed E-state index contributed by atoms with van der Waals surface area (Å²) in [5.74, 6) is -0.799. The van der Waals surface area contributed by atoms with E-state index < -0.39 is 24.1 Å².